The van der Waals surface area contributed by atoms with Crippen molar-refractivity contribution >= 4 is 56.5 Å². The van der Waals surface area contributed by atoms with Crippen LogP contribution in [0, 0.1) is 49.4 Å². The summed E-state index contributed by atoms with van der Waals surface area (Å²) >= 11 is 0. The molecule has 325 valence electrons. The van der Waals surface area contributed by atoms with Crippen LogP contribution in [-0.4, -0.2) is 44.7 Å². The number of hydrogen-bond donors (Lipinski definition) is 0. The molecule has 66 heavy (non-hydrogen) atoms. The van der Waals surface area contributed by atoms with E-state index in [1.165, 1.54) is 0 Å². The number of carbonyl (C=O) groups excluding carboxylic acids is 6. The number of ketones is 6. The van der Waals surface area contributed by atoms with Crippen LogP contribution in [0.5, 0.6) is 0 Å². The van der Waals surface area contributed by atoms with E-state index in [2.05, 4.69) is 28.2 Å². The first-order chi connectivity index (χ1) is 31.8. The van der Waals surface area contributed by atoms with E-state index in [4.69, 9.17) is 0 Å². The van der Waals surface area contributed by atoms with E-state index >= 15 is 0 Å². The molecule has 0 atom stereocenters. The Bertz CT molecular complexity index is 2550. The summed E-state index contributed by atoms with van der Waals surface area (Å²) in [6.45, 7) is 0. The molecule has 0 saturated heterocycles. The van der Waals surface area contributed by atoms with E-state index in [1.807, 2.05) is 60.8 Å². The Labute approximate surface area is 424 Å². The van der Waals surface area contributed by atoms with E-state index in [1.54, 1.807) is 152 Å². The van der Waals surface area contributed by atoms with E-state index in [0.29, 0.717) is 33.4 Å². The Balaban J connectivity index is 0.000000164. The molecule has 8 nitrogen and oxygen atoms in total. The van der Waals surface area contributed by atoms with Crippen LogP contribution in [0.4, 0.5) is 0 Å². The molecule has 9 rings (SSSR count). The van der Waals surface area contributed by atoms with Gasteiger partial charge in [0.05, 0.1) is 30.3 Å². The van der Waals surface area contributed by atoms with Gasteiger partial charge in [-0.05, 0) is 24.3 Å². The molecule has 1 radical (unpaired) electrons. The molecule has 9 heteroatoms. The van der Waals surface area contributed by atoms with Crippen LogP contribution in [-0.2, 0) is 0 Å². The van der Waals surface area contributed by atoms with Gasteiger partial charge in [0.15, 0.2) is 34.7 Å². The fraction of sp³-hybridized carbons (Fsp3) is 0.0526. The number of fused-ring (bicyclic) bond motifs is 3. The minimum atomic E-state index is -0.139. The van der Waals surface area contributed by atoms with Crippen molar-refractivity contribution in [2.24, 2.45) is 0 Å². The third-order valence-corrected chi connectivity index (χ3v) is 9.89. The number of rotatable bonds is 12. The first-order valence-corrected chi connectivity index (χ1v) is 20.8. The number of nitrogens with zero attached hydrogens (tertiary/aromatic N) is 2. The van der Waals surface area contributed by atoms with Crippen molar-refractivity contribution in [1.82, 2.24) is 9.97 Å². The zero-order chi connectivity index (χ0) is 45.6. The van der Waals surface area contributed by atoms with Crippen LogP contribution in [0.3, 0.4) is 0 Å². The monoisotopic (exact) mass is 1010 g/mol. The molecule has 0 unspecified atom stereocenters. The summed E-state index contributed by atoms with van der Waals surface area (Å²) in [7, 11) is 0. The second-order valence-corrected chi connectivity index (χ2v) is 14.5. The molecule has 0 spiro atoms. The SMILES string of the molecule is O=C(CC(=O)c1ccccc1)c1ccccc1.O=C(CC(=O)c1ccccc1)c1ccccc1.O=C(CC(=O)c1ccccc1)c1ccccc1.[Eu].c1cnc2c(c1)ccc1ncccc12. The van der Waals surface area contributed by atoms with Gasteiger partial charge in [0.25, 0.3) is 0 Å². The Morgan fingerprint density at radius 1 is 0.288 bits per heavy atom. The average molecular weight is 1000 g/mol. The molecule has 7 aromatic carbocycles. The van der Waals surface area contributed by atoms with Gasteiger partial charge in [-0.3, -0.25) is 38.7 Å². The van der Waals surface area contributed by atoms with Gasteiger partial charge in [-0.25, -0.2) is 0 Å². The van der Waals surface area contributed by atoms with Crippen LogP contribution in [0.15, 0.2) is 231 Å². The van der Waals surface area contributed by atoms with Gasteiger partial charge in [0.2, 0.25) is 0 Å². The normalized spacial score (nSPS) is 9.94. The van der Waals surface area contributed by atoms with Crippen molar-refractivity contribution < 1.29 is 78.1 Å². The summed E-state index contributed by atoms with van der Waals surface area (Å²) in [6.07, 6.45) is 3.39. The molecule has 0 aliphatic heterocycles. The quantitative estimate of drug-likeness (QED) is 0.0672. The van der Waals surface area contributed by atoms with Gasteiger partial charge >= 0.3 is 0 Å². The molecular formula is C57H44EuN2O6. The maximum atomic E-state index is 11.8. The average Bonchev–Trinajstić information content (AvgIpc) is 3.38. The molecule has 9 aromatic rings. The molecule has 0 bridgehead atoms. The summed E-state index contributed by atoms with van der Waals surface area (Å²) in [4.78, 5) is 79.5. The fourth-order valence-corrected chi connectivity index (χ4v) is 6.49. The second-order valence-electron chi connectivity index (χ2n) is 14.5. The van der Waals surface area contributed by atoms with E-state index in [-0.39, 0.29) is 103 Å². The van der Waals surface area contributed by atoms with Gasteiger partial charge in [0, 0.05) is 106 Å². The van der Waals surface area contributed by atoms with Gasteiger partial charge in [-0.1, -0.05) is 194 Å². The predicted octanol–water partition coefficient (Wildman–Crippen LogP) is 12.2. The van der Waals surface area contributed by atoms with Crippen molar-refractivity contribution in [2.75, 3.05) is 0 Å². The van der Waals surface area contributed by atoms with Crippen LogP contribution in [0.1, 0.15) is 81.4 Å². The van der Waals surface area contributed by atoms with Crippen molar-refractivity contribution in [2.45, 2.75) is 19.3 Å². The zero-order valence-corrected chi connectivity index (χ0v) is 38.2. The summed E-state index contributed by atoms with van der Waals surface area (Å²) in [6, 6.07) is 65.3. The fourth-order valence-electron chi connectivity index (χ4n) is 6.49. The molecule has 0 aliphatic rings. The van der Waals surface area contributed by atoms with Gasteiger partial charge < -0.3 is 0 Å². The van der Waals surface area contributed by atoms with Crippen LogP contribution < -0.4 is 0 Å². The molecule has 2 heterocycles. The molecular weight excluding hydrogens is 961 g/mol. The largest absolute Gasteiger partial charge is 0.294 e. The number of pyridine rings is 2. The minimum absolute atomic E-state index is 0. The second kappa shape index (κ2) is 26.7. The van der Waals surface area contributed by atoms with Crippen LogP contribution >= 0.6 is 0 Å². The first-order valence-electron chi connectivity index (χ1n) is 20.8. The summed E-state index contributed by atoms with van der Waals surface area (Å²) in [5.74, 6) is -0.836. The minimum Gasteiger partial charge on any atom is -0.294 e. The maximum Gasteiger partial charge on any atom is 0.170 e. The molecule has 0 fully saturated rings. The first kappa shape index (κ1) is 50.0. The Morgan fingerprint density at radius 2 is 0.561 bits per heavy atom. The number of aromatic nitrogens is 2. The maximum absolute atomic E-state index is 11.8. The van der Waals surface area contributed by atoms with E-state index in [9.17, 15) is 28.8 Å². The third kappa shape index (κ3) is 15.3. The molecule has 0 amide bonds. The number of carbonyl (C=O) groups is 6. The van der Waals surface area contributed by atoms with E-state index in [0.717, 1.165) is 21.8 Å². The van der Waals surface area contributed by atoms with Gasteiger partial charge in [0.1, 0.15) is 0 Å². The third-order valence-electron chi connectivity index (χ3n) is 9.89. The standard InChI is InChI=1S/3C15H12O2.C12H8N2.Eu/c3*16-14(12-7-3-1-4-8-12)11-15(17)13-9-5-2-6-10-13;1-3-9-5-6-11-10(4-2-7-13-11)12(9)14-8-1;/h3*1-10H,11H2;1-8H;. The van der Waals surface area contributed by atoms with Crippen LogP contribution in [0.2, 0.25) is 0 Å². The number of Topliss-reactive ketones (excluding diaryl/α,β-unsaturated/α-hetero) is 6. The molecule has 0 aliphatic carbocycles. The topological polar surface area (TPSA) is 128 Å². The van der Waals surface area contributed by atoms with Crippen molar-refractivity contribution in [3.05, 3.63) is 264 Å². The Kier molecular flexibility index (Phi) is 20.2. The molecule has 0 N–H and O–H groups in total. The Hall–Kier alpha value is -7.04. The smallest absolute Gasteiger partial charge is 0.170 e. The van der Waals surface area contributed by atoms with Gasteiger partial charge in [-0.2, -0.15) is 0 Å². The van der Waals surface area contributed by atoms with Crippen LogP contribution in [0.25, 0.3) is 21.8 Å². The number of benzene rings is 7. The van der Waals surface area contributed by atoms with E-state index < -0.39 is 0 Å². The molecule has 0 saturated carbocycles. The summed E-state index contributed by atoms with van der Waals surface area (Å²) in [5, 5.41) is 2.28. The molecule has 2 aromatic heterocycles. The number of hydrogen-bond acceptors (Lipinski definition) is 8. The summed E-state index contributed by atoms with van der Waals surface area (Å²) < 4.78 is 0. The summed E-state index contributed by atoms with van der Waals surface area (Å²) in [5.41, 5.74) is 5.51. The van der Waals surface area contributed by atoms with Crippen molar-refractivity contribution in [3.8, 4) is 0 Å². The van der Waals surface area contributed by atoms with Crippen molar-refractivity contribution in [1.29, 1.82) is 0 Å². The van der Waals surface area contributed by atoms with Crippen molar-refractivity contribution in [3.63, 3.8) is 0 Å². The predicted molar refractivity (Wildman–Crippen MR) is 256 cm³/mol. The zero-order valence-electron chi connectivity index (χ0n) is 35.8. The van der Waals surface area contributed by atoms with Gasteiger partial charge in [-0.15, -0.1) is 0 Å². The Morgan fingerprint density at radius 3 is 0.864 bits per heavy atom.